The summed E-state index contributed by atoms with van der Waals surface area (Å²) < 4.78 is 5.94. The fourth-order valence-electron chi connectivity index (χ4n) is 3.28. The number of hydrogen-bond donors (Lipinski definition) is 0. The summed E-state index contributed by atoms with van der Waals surface area (Å²) in [5.41, 5.74) is 1.06. The second-order valence-electron chi connectivity index (χ2n) is 6.20. The molecule has 1 saturated heterocycles. The molecule has 1 aromatic heterocycles. The molecule has 1 aliphatic heterocycles. The van der Waals surface area contributed by atoms with Crippen molar-refractivity contribution in [1.29, 1.82) is 0 Å². The number of hydrogen-bond acceptors (Lipinski definition) is 4. The van der Waals surface area contributed by atoms with Gasteiger partial charge < -0.3 is 14.5 Å². The Morgan fingerprint density at radius 1 is 1.19 bits per heavy atom. The van der Waals surface area contributed by atoms with Crippen molar-refractivity contribution < 1.29 is 14.3 Å². The molecule has 1 fully saturated rings. The summed E-state index contributed by atoms with van der Waals surface area (Å²) in [6, 6.07) is 11.3. The van der Waals surface area contributed by atoms with Gasteiger partial charge in [0.1, 0.15) is 11.8 Å². The molecule has 0 N–H and O–H groups in total. The number of rotatable bonds is 8. The first-order valence-corrected chi connectivity index (χ1v) is 9.92. The van der Waals surface area contributed by atoms with E-state index in [9.17, 15) is 9.59 Å². The first-order chi connectivity index (χ1) is 12.7. The van der Waals surface area contributed by atoms with Gasteiger partial charge in [0.2, 0.25) is 12.0 Å². The van der Waals surface area contributed by atoms with Gasteiger partial charge >= 0.3 is 0 Å². The second-order valence-corrected chi connectivity index (χ2v) is 6.98. The molecule has 0 bridgehead atoms. The van der Waals surface area contributed by atoms with Crippen LogP contribution in [0.5, 0.6) is 5.75 Å². The predicted molar refractivity (Wildman–Crippen MR) is 102 cm³/mol. The van der Waals surface area contributed by atoms with E-state index in [1.807, 2.05) is 61.0 Å². The van der Waals surface area contributed by atoms with Gasteiger partial charge in [0.05, 0.1) is 0 Å². The Bertz CT molecular complexity index is 729. The normalized spacial score (nSPS) is 19.2. The molecule has 138 valence electrons. The number of amides is 2. The zero-order valence-corrected chi connectivity index (χ0v) is 15.9. The summed E-state index contributed by atoms with van der Waals surface area (Å²) in [5, 5.41) is 4.04. The van der Waals surface area contributed by atoms with Crippen molar-refractivity contribution in [3.05, 3.63) is 52.7 Å². The number of para-hydroxylation sites is 1. The lowest BCUT2D eigenvalue weighted by Gasteiger charge is -2.46. The standard InChI is InChI=1S/C20H24N2O3S/c1-3-21(4-2)17(23)10-12-22-18(15-11-13-26-14-15)19(20(22)24)25-16-8-6-5-7-9-16/h5-9,11,13-14,18-19H,3-4,10,12H2,1-2H3/t18-,19+/m1/s1. The molecule has 3 rings (SSSR count). The van der Waals surface area contributed by atoms with Gasteiger partial charge in [-0.05, 0) is 48.4 Å². The lowest BCUT2D eigenvalue weighted by Crippen LogP contribution is -2.61. The van der Waals surface area contributed by atoms with Crippen LogP contribution < -0.4 is 4.74 Å². The predicted octanol–water partition coefficient (Wildman–Crippen LogP) is 3.34. The lowest BCUT2D eigenvalue weighted by atomic mass is 9.92. The van der Waals surface area contributed by atoms with E-state index in [0.29, 0.717) is 31.8 Å². The van der Waals surface area contributed by atoms with Gasteiger partial charge in [-0.15, -0.1) is 0 Å². The highest BCUT2D eigenvalue weighted by atomic mass is 32.1. The topological polar surface area (TPSA) is 49.9 Å². The minimum atomic E-state index is -0.532. The zero-order chi connectivity index (χ0) is 18.5. The van der Waals surface area contributed by atoms with Crippen LogP contribution in [-0.2, 0) is 9.59 Å². The first-order valence-electron chi connectivity index (χ1n) is 8.97. The van der Waals surface area contributed by atoms with E-state index < -0.39 is 6.10 Å². The number of nitrogens with zero attached hydrogens (tertiary/aromatic N) is 2. The molecule has 0 saturated carbocycles. The van der Waals surface area contributed by atoms with Gasteiger partial charge in [0.15, 0.2) is 0 Å². The molecule has 5 nitrogen and oxygen atoms in total. The monoisotopic (exact) mass is 372 g/mol. The third kappa shape index (κ3) is 3.75. The van der Waals surface area contributed by atoms with Crippen LogP contribution in [-0.4, -0.2) is 47.4 Å². The largest absolute Gasteiger partial charge is 0.478 e. The van der Waals surface area contributed by atoms with Crippen LogP contribution in [0.4, 0.5) is 0 Å². The quantitative estimate of drug-likeness (QED) is 0.668. The van der Waals surface area contributed by atoms with E-state index in [4.69, 9.17) is 4.74 Å². The Hall–Kier alpha value is -2.34. The van der Waals surface area contributed by atoms with Crippen molar-refractivity contribution in [2.24, 2.45) is 0 Å². The van der Waals surface area contributed by atoms with Crippen molar-refractivity contribution in [2.75, 3.05) is 19.6 Å². The van der Waals surface area contributed by atoms with Gasteiger partial charge in [0, 0.05) is 26.1 Å². The third-order valence-corrected chi connectivity index (χ3v) is 5.42. The summed E-state index contributed by atoms with van der Waals surface area (Å²) in [4.78, 5) is 28.5. The molecule has 6 heteroatoms. The minimum Gasteiger partial charge on any atom is -0.478 e. The van der Waals surface area contributed by atoms with Gasteiger partial charge in [-0.1, -0.05) is 18.2 Å². The summed E-state index contributed by atoms with van der Waals surface area (Å²) in [7, 11) is 0. The summed E-state index contributed by atoms with van der Waals surface area (Å²) in [5.74, 6) is 0.710. The number of likely N-dealkylation sites (tertiary alicyclic amines) is 1. The van der Waals surface area contributed by atoms with Crippen LogP contribution in [0.1, 0.15) is 31.9 Å². The number of thiophene rings is 1. The molecule has 26 heavy (non-hydrogen) atoms. The smallest absolute Gasteiger partial charge is 0.266 e. The van der Waals surface area contributed by atoms with Crippen molar-refractivity contribution in [2.45, 2.75) is 32.4 Å². The van der Waals surface area contributed by atoms with Crippen molar-refractivity contribution in [3.63, 3.8) is 0 Å². The highest BCUT2D eigenvalue weighted by molar-refractivity contribution is 7.08. The maximum atomic E-state index is 12.7. The molecule has 0 aliphatic carbocycles. The van der Waals surface area contributed by atoms with Crippen LogP contribution >= 0.6 is 11.3 Å². The number of carbonyl (C=O) groups excluding carboxylic acids is 2. The van der Waals surface area contributed by atoms with E-state index in [0.717, 1.165) is 5.56 Å². The molecule has 2 amide bonds. The average Bonchev–Trinajstić information content (AvgIpc) is 3.18. The van der Waals surface area contributed by atoms with E-state index in [1.54, 1.807) is 21.1 Å². The Kier molecular flexibility index (Phi) is 5.93. The maximum absolute atomic E-state index is 12.7. The van der Waals surface area contributed by atoms with Gasteiger partial charge in [-0.3, -0.25) is 9.59 Å². The van der Waals surface area contributed by atoms with Crippen molar-refractivity contribution in [3.8, 4) is 5.75 Å². The second kappa shape index (κ2) is 8.36. The zero-order valence-electron chi connectivity index (χ0n) is 15.1. The maximum Gasteiger partial charge on any atom is 0.266 e. The lowest BCUT2D eigenvalue weighted by molar-refractivity contribution is -0.164. The number of β-lactam (4-membered cyclic amide) rings is 1. The Morgan fingerprint density at radius 3 is 2.54 bits per heavy atom. The molecule has 1 aromatic carbocycles. The Labute approximate surface area is 158 Å². The summed E-state index contributed by atoms with van der Waals surface area (Å²) in [6.07, 6.45) is -0.192. The Morgan fingerprint density at radius 2 is 1.92 bits per heavy atom. The van der Waals surface area contributed by atoms with Crippen LogP contribution in [0, 0.1) is 0 Å². The van der Waals surface area contributed by atoms with Gasteiger partial charge in [-0.2, -0.15) is 11.3 Å². The highest BCUT2D eigenvalue weighted by Crippen LogP contribution is 2.38. The van der Waals surface area contributed by atoms with Crippen LogP contribution in [0.25, 0.3) is 0 Å². The third-order valence-electron chi connectivity index (χ3n) is 4.72. The van der Waals surface area contributed by atoms with Crippen molar-refractivity contribution in [1.82, 2.24) is 9.80 Å². The van der Waals surface area contributed by atoms with Gasteiger partial charge in [-0.25, -0.2) is 0 Å². The van der Waals surface area contributed by atoms with Crippen LogP contribution in [0.2, 0.25) is 0 Å². The molecule has 2 aromatic rings. The summed E-state index contributed by atoms with van der Waals surface area (Å²) in [6.45, 7) is 5.74. The number of carbonyl (C=O) groups is 2. The average molecular weight is 372 g/mol. The first kappa shape index (κ1) is 18.5. The molecule has 1 aliphatic rings. The molecule has 2 heterocycles. The fourth-order valence-corrected chi connectivity index (χ4v) is 3.96. The molecular formula is C20H24N2O3S. The van der Waals surface area contributed by atoms with E-state index in [-0.39, 0.29) is 17.9 Å². The highest BCUT2D eigenvalue weighted by Gasteiger charge is 2.50. The molecule has 0 radical (unpaired) electrons. The minimum absolute atomic E-state index is 0.0580. The van der Waals surface area contributed by atoms with Gasteiger partial charge in [0.25, 0.3) is 5.91 Å². The molecular weight excluding hydrogens is 348 g/mol. The van der Waals surface area contributed by atoms with Crippen molar-refractivity contribution >= 4 is 23.2 Å². The van der Waals surface area contributed by atoms with E-state index >= 15 is 0 Å². The fraction of sp³-hybridized carbons (Fsp3) is 0.400. The number of ether oxygens (including phenoxy) is 1. The van der Waals surface area contributed by atoms with Crippen LogP contribution in [0.15, 0.2) is 47.2 Å². The van der Waals surface area contributed by atoms with E-state index in [2.05, 4.69) is 0 Å². The molecule has 0 spiro atoms. The molecule has 0 unspecified atom stereocenters. The molecule has 2 atom stereocenters. The van der Waals surface area contributed by atoms with E-state index in [1.165, 1.54) is 0 Å². The SMILES string of the molecule is CCN(CC)C(=O)CCN1C(=O)[C@@H](Oc2ccccc2)[C@H]1c1ccsc1. The Balaban J connectivity index is 1.69. The summed E-state index contributed by atoms with van der Waals surface area (Å²) >= 11 is 1.60. The number of benzene rings is 1. The van der Waals surface area contributed by atoms with Crippen LogP contribution in [0.3, 0.4) is 0 Å².